The first kappa shape index (κ1) is 11.9. The van der Waals surface area contributed by atoms with E-state index in [-0.39, 0.29) is 0 Å². The van der Waals surface area contributed by atoms with E-state index in [1.807, 2.05) is 6.07 Å². The summed E-state index contributed by atoms with van der Waals surface area (Å²) in [4.78, 5) is 12.3. The van der Waals surface area contributed by atoms with Gasteiger partial charge in [-0.25, -0.2) is 0 Å². The van der Waals surface area contributed by atoms with Crippen molar-refractivity contribution in [3.8, 4) is 0 Å². The molecule has 1 unspecified atom stereocenters. The van der Waals surface area contributed by atoms with E-state index in [0.29, 0.717) is 25.6 Å². The molecule has 1 aliphatic carbocycles. The molecular weight excluding hydrogens is 263 g/mol. The van der Waals surface area contributed by atoms with E-state index >= 15 is 0 Å². The van der Waals surface area contributed by atoms with E-state index in [4.69, 9.17) is 0 Å². The molecule has 0 saturated heterocycles. The van der Waals surface area contributed by atoms with Crippen LogP contribution >= 0.6 is 0 Å². The second kappa shape index (κ2) is 6.22. The topological polar surface area (TPSA) is 17.1 Å². The molecule has 86 valence electrons. The van der Waals surface area contributed by atoms with Gasteiger partial charge in [0.05, 0.1) is 0 Å². The SMILES string of the molecule is O=C1CCCCCCC1[Se]c1ccccc1. The predicted molar refractivity (Wildman–Crippen MR) is 68.3 cm³/mol. The molecule has 1 aromatic carbocycles. The molecular formula is C14H18OSe. The van der Waals surface area contributed by atoms with Crippen LogP contribution in [0.1, 0.15) is 38.5 Å². The van der Waals surface area contributed by atoms with E-state index in [1.165, 1.54) is 23.7 Å². The second-order valence-corrected chi connectivity index (χ2v) is 7.02. The first-order chi connectivity index (χ1) is 7.86. The minimum absolute atomic E-state index is 0.343. The summed E-state index contributed by atoms with van der Waals surface area (Å²) in [5.74, 6) is 0.517. The molecule has 0 aliphatic heterocycles. The van der Waals surface area contributed by atoms with E-state index < -0.39 is 0 Å². The normalized spacial score (nSPS) is 22.5. The number of carbonyl (C=O) groups is 1. The van der Waals surface area contributed by atoms with E-state index in [9.17, 15) is 4.79 Å². The molecule has 1 aromatic rings. The Kier molecular flexibility index (Phi) is 4.62. The van der Waals surface area contributed by atoms with Gasteiger partial charge in [-0.3, -0.25) is 0 Å². The van der Waals surface area contributed by atoms with Gasteiger partial charge in [-0.15, -0.1) is 0 Å². The summed E-state index contributed by atoms with van der Waals surface area (Å²) >= 11 is 0.343. The number of rotatable bonds is 2. The molecule has 2 rings (SSSR count). The second-order valence-electron chi connectivity index (χ2n) is 4.34. The molecule has 0 spiro atoms. The van der Waals surface area contributed by atoms with E-state index in [0.717, 1.165) is 19.3 Å². The number of Topliss-reactive ketones (excluding diaryl/α,β-unsaturated/α-hetero) is 1. The van der Waals surface area contributed by atoms with Crippen LogP contribution in [-0.4, -0.2) is 20.7 Å². The number of carbonyl (C=O) groups excluding carboxylic acids is 1. The van der Waals surface area contributed by atoms with Crippen molar-refractivity contribution < 1.29 is 4.79 Å². The molecule has 2 heteroatoms. The van der Waals surface area contributed by atoms with Crippen LogP contribution in [0.3, 0.4) is 0 Å². The molecule has 0 heterocycles. The zero-order chi connectivity index (χ0) is 11.2. The molecule has 0 amide bonds. The van der Waals surface area contributed by atoms with Gasteiger partial charge in [-0.1, -0.05) is 0 Å². The van der Waals surface area contributed by atoms with Crippen LogP contribution in [0.2, 0.25) is 4.82 Å². The monoisotopic (exact) mass is 282 g/mol. The van der Waals surface area contributed by atoms with E-state index in [1.54, 1.807) is 0 Å². The van der Waals surface area contributed by atoms with Crippen LogP contribution in [0.4, 0.5) is 0 Å². The van der Waals surface area contributed by atoms with Crippen molar-refractivity contribution in [2.24, 2.45) is 0 Å². The average molecular weight is 281 g/mol. The molecule has 1 fully saturated rings. The Morgan fingerprint density at radius 2 is 1.75 bits per heavy atom. The first-order valence-corrected chi connectivity index (χ1v) is 7.95. The summed E-state index contributed by atoms with van der Waals surface area (Å²) in [6, 6.07) is 10.5. The first-order valence-electron chi connectivity index (χ1n) is 6.11. The molecule has 1 atom stereocenters. The summed E-state index contributed by atoms with van der Waals surface area (Å²) in [5, 5.41) is 0. The molecule has 0 radical (unpaired) electrons. The molecule has 1 nitrogen and oxygen atoms in total. The van der Waals surface area contributed by atoms with Crippen molar-refractivity contribution in [2.45, 2.75) is 43.3 Å². The number of ketones is 1. The fourth-order valence-electron chi connectivity index (χ4n) is 2.09. The Balaban J connectivity index is 1.98. The van der Waals surface area contributed by atoms with Gasteiger partial charge in [0.1, 0.15) is 0 Å². The van der Waals surface area contributed by atoms with Crippen LogP contribution in [0.15, 0.2) is 30.3 Å². The summed E-state index contributed by atoms with van der Waals surface area (Å²) < 4.78 is 1.37. The van der Waals surface area contributed by atoms with Crippen LogP contribution in [-0.2, 0) is 4.79 Å². The van der Waals surface area contributed by atoms with Crippen LogP contribution < -0.4 is 4.46 Å². The van der Waals surface area contributed by atoms with Gasteiger partial charge in [0.2, 0.25) is 0 Å². The Bertz CT molecular complexity index is 334. The molecule has 0 N–H and O–H groups in total. The quantitative estimate of drug-likeness (QED) is 0.762. The number of benzene rings is 1. The zero-order valence-corrected chi connectivity index (χ0v) is 11.2. The third-order valence-electron chi connectivity index (χ3n) is 3.02. The van der Waals surface area contributed by atoms with Gasteiger partial charge in [0.15, 0.2) is 0 Å². The summed E-state index contributed by atoms with van der Waals surface area (Å²) in [5.41, 5.74) is 0. The van der Waals surface area contributed by atoms with Crippen molar-refractivity contribution in [1.29, 1.82) is 0 Å². The average Bonchev–Trinajstić information content (AvgIpc) is 2.30. The minimum atomic E-state index is 0.343. The molecule has 1 aliphatic rings. The van der Waals surface area contributed by atoms with Crippen LogP contribution in [0.25, 0.3) is 0 Å². The van der Waals surface area contributed by atoms with E-state index in [2.05, 4.69) is 24.3 Å². The van der Waals surface area contributed by atoms with Crippen molar-refractivity contribution in [3.63, 3.8) is 0 Å². The fraction of sp³-hybridized carbons (Fsp3) is 0.500. The number of hydrogen-bond acceptors (Lipinski definition) is 1. The summed E-state index contributed by atoms with van der Waals surface area (Å²) in [7, 11) is 0. The molecule has 1 saturated carbocycles. The van der Waals surface area contributed by atoms with Gasteiger partial charge in [0.25, 0.3) is 0 Å². The van der Waals surface area contributed by atoms with Crippen molar-refractivity contribution in [2.75, 3.05) is 0 Å². The van der Waals surface area contributed by atoms with Crippen LogP contribution in [0, 0.1) is 0 Å². The standard InChI is InChI=1S/C14H18OSe/c15-13-10-6-1-2-7-11-14(13)16-12-8-4-3-5-9-12/h3-5,8-9,14H,1-2,6-7,10-11H2. The summed E-state index contributed by atoms with van der Waals surface area (Å²) in [6.45, 7) is 0. The Morgan fingerprint density at radius 1 is 1.00 bits per heavy atom. The van der Waals surface area contributed by atoms with Gasteiger partial charge < -0.3 is 0 Å². The van der Waals surface area contributed by atoms with Crippen molar-refractivity contribution in [1.82, 2.24) is 0 Å². The zero-order valence-electron chi connectivity index (χ0n) is 9.52. The van der Waals surface area contributed by atoms with Gasteiger partial charge in [-0.2, -0.15) is 0 Å². The van der Waals surface area contributed by atoms with Crippen molar-refractivity contribution >= 4 is 25.2 Å². The molecule has 0 bridgehead atoms. The van der Waals surface area contributed by atoms with Gasteiger partial charge in [0, 0.05) is 0 Å². The maximum atomic E-state index is 12.0. The van der Waals surface area contributed by atoms with Crippen LogP contribution in [0.5, 0.6) is 0 Å². The van der Waals surface area contributed by atoms with Gasteiger partial charge in [-0.05, 0) is 0 Å². The molecule has 0 aromatic heterocycles. The summed E-state index contributed by atoms with van der Waals surface area (Å²) in [6.07, 6.45) is 6.85. The van der Waals surface area contributed by atoms with Crippen molar-refractivity contribution in [3.05, 3.63) is 30.3 Å². The maximum absolute atomic E-state index is 12.0. The third kappa shape index (κ3) is 3.47. The number of hydrogen-bond donors (Lipinski definition) is 0. The fourth-order valence-corrected chi connectivity index (χ4v) is 4.56. The Hall–Kier alpha value is -0.591. The van der Waals surface area contributed by atoms with Gasteiger partial charge >= 0.3 is 104 Å². The Labute approximate surface area is 104 Å². The Morgan fingerprint density at radius 3 is 2.56 bits per heavy atom. The predicted octanol–water partition coefficient (Wildman–Crippen LogP) is 2.73. The third-order valence-corrected chi connectivity index (χ3v) is 5.81. The molecule has 16 heavy (non-hydrogen) atoms.